The summed E-state index contributed by atoms with van der Waals surface area (Å²) < 4.78 is 9.26. The van der Waals surface area contributed by atoms with Crippen LogP contribution in [0.4, 0.5) is 117 Å². The van der Waals surface area contributed by atoms with Crippen molar-refractivity contribution in [1.29, 1.82) is 0 Å². The van der Waals surface area contributed by atoms with Gasteiger partial charge in [0, 0.05) is 136 Å². The second-order valence-electron chi connectivity index (χ2n) is 34.6. The van der Waals surface area contributed by atoms with Crippen LogP contribution in [-0.2, 0) is 36.5 Å². The van der Waals surface area contributed by atoms with Crippen LogP contribution in [0.5, 0.6) is 11.5 Å². The number of nitrogens with zero attached hydrogens (tertiary/aromatic N) is 21. The maximum absolute atomic E-state index is 11.7. The zero-order valence-corrected chi connectivity index (χ0v) is 77.2. The van der Waals surface area contributed by atoms with Gasteiger partial charge in [0.15, 0.2) is 0 Å². The second kappa shape index (κ2) is 43.8. The Labute approximate surface area is 767 Å². The Morgan fingerprint density at radius 3 is 0.780 bits per heavy atom. The van der Waals surface area contributed by atoms with E-state index in [9.17, 15) is 19.8 Å². The van der Waals surface area contributed by atoms with Crippen molar-refractivity contribution >= 4 is 129 Å². The standard InChI is InChI=1S/C23H25N5O6.C21H25N5.C19H21N5.2C17H19N7/c1-23(2,3)20-26-21(24-12-6-8-14(16(29)10-12)18(31)33-4)28-22(27-20)25-13-7-9-15(17(30)11-13)19(32)34-5;1-21(2,3)18-22-19(25(4)16-12-8-6-9-13-16)24-20(23-18)26(5)17-14-10-7-11-15-17;1-19(2,3)16-22-17(20-14-10-6-4-7-11-14)24-18(23-16)21-15-12-8-5-9-13-15;1-17(2,3)14-22-15(20-12-4-8-18-9-5-12)24-16(23-14)21-13-6-10-19-11-7-13;1-17(2,3)14-22-15(20-12-8-4-6-10-18-12)24-16(23-14)21-13-9-5-7-11-19-13/h6-11,29-30H,1-5H3,(H2,24,25,26,27,28);6-15H,1-5H3;4-13H,1-3H3,(H2,20,21,22,23,24);2*4-11H,1-3H3,(H2,18,19,20,21,22,23,24). The average molecular weight is 1780 g/mol. The smallest absolute Gasteiger partial charge is 0.341 e. The van der Waals surface area contributed by atoms with Crippen molar-refractivity contribution in [1.82, 2.24) is 94.7 Å². The van der Waals surface area contributed by atoms with E-state index in [2.05, 4.69) is 215 Å². The topological polar surface area (TPSA) is 441 Å². The number of anilines is 20. The van der Waals surface area contributed by atoms with Gasteiger partial charge in [-0.3, -0.25) is 9.97 Å². The Kier molecular flexibility index (Phi) is 31.9. The molecule has 15 rings (SSSR count). The number of carbonyl (C=O) groups excluding carboxylic acids is 2. The molecule has 15 aromatic rings. The fourth-order valence-electron chi connectivity index (χ4n) is 11.4. The number of phenolic OH excluding ortho intramolecular Hbond substituents is 2. The summed E-state index contributed by atoms with van der Waals surface area (Å²) in [5.74, 6) is 7.38. The van der Waals surface area contributed by atoms with Crippen LogP contribution in [0, 0.1) is 0 Å². The summed E-state index contributed by atoms with van der Waals surface area (Å²) in [7, 11) is 6.40. The number of rotatable bonds is 22. The molecule has 9 heterocycles. The molecule has 6 aromatic carbocycles. The van der Waals surface area contributed by atoms with Gasteiger partial charge >= 0.3 is 11.9 Å². The number of aromatic nitrogens is 19. The van der Waals surface area contributed by atoms with E-state index < -0.39 is 17.4 Å². The van der Waals surface area contributed by atoms with Gasteiger partial charge < -0.3 is 72.0 Å². The van der Waals surface area contributed by atoms with Gasteiger partial charge in [-0.1, -0.05) is 189 Å². The third-order valence-electron chi connectivity index (χ3n) is 18.5. The molecule has 35 heteroatoms. The fourth-order valence-corrected chi connectivity index (χ4v) is 11.4. The Balaban J connectivity index is 0.000000160. The van der Waals surface area contributed by atoms with E-state index in [1.807, 2.05) is 227 Å². The number of methoxy groups -OCH3 is 2. The molecular formula is C97H109N29O6. The van der Waals surface area contributed by atoms with Crippen molar-refractivity contribution in [2.45, 2.75) is 131 Å². The molecule has 10 N–H and O–H groups in total. The molecule has 0 saturated heterocycles. The maximum atomic E-state index is 11.7. The van der Waals surface area contributed by atoms with Gasteiger partial charge in [0.05, 0.1) is 14.2 Å². The average Bonchev–Trinajstić information content (AvgIpc) is 0.799. The van der Waals surface area contributed by atoms with E-state index in [1.165, 1.54) is 38.5 Å². The Hall–Kier alpha value is -16.5. The molecule has 0 aliphatic heterocycles. The highest BCUT2D eigenvalue weighted by atomic mass is 16.5. The van der Waals surface area contributed by atoms with Crippen molar-refractivity contribution < 1.29 is 29.3 Å². The summed E-state index contributed by atoms with van der Waals surface area (Å²) in [4.78, 5) is 112. The van der Waals surface area contributed by atoms with Gasteiger partial charge in [0.25, 0.3) is 0 Å². The van der Waals surface area contributed by atoms with E-state index in [1.54, 1.807) is 49.3 Å². The van der Waals surface area contributed by atoms with Crippen LogP contribution >= 0.6 is 0 Å². The van der Waals surface area contributed by atoms with Crippen LogP contribution in [0.2, 0.25) is 0 Å². The van der Waals surface area contributed by atoms with E-state index in [4.69, 9.17) is 15.0 Å². The van der Waals surface area contributed by atoms with E-state index in [0.29, 0.717) is 88.1 Å². The molecule has 0 radical (unpaired) electrons. The van der Waals surface area contributed by atoms with Gasteiger partial charge in [-0.15, -0.1) is 0 Å². The molecule has 678 valence electrons. The lowest BCUT2D eigenvalue weighted by atomic mass is 9.96. The summed E-state index contributed by atoms with van der Waals surface area (Å²) >= 11 is 0. The molecule has 0 unspecified atom stereocenters. The minimum Gasteiger partial charge on any atom is -0.507 e. The summed E-state index contributed by atoms with van der Waals surface area (Å²) in [6.07, 6.45) is 10.3. The predicted molar refractivity (Wildman–Crippen MR) is 517 cm³/mol. The first kappa shape index (κ1) is 96.2. The number of hydrogen-bond acceptors (Lipinski definition) is 35. The minimum absolute atomic E-state index is 0.0247. The molecule has 0 atom stereocenters. The number of pyridine rings is 4. The third-order valence-corrected chi connectivity index (χ3v) is 18.5. The highest BCUT2D eigenvalue weighted by Gasteiger charge is 2.28. The highest BCUT2D eigenvalue weighted by molar-refractivity contribution is 5.94. The molecule has 9 aromatic heterocycles. The minimum atomic E-state index is -0.660. The largest absolute Gasteiger partial charge is 0.507 e. The molecule has 0 fully saturated rings. The number of phenols is 2. The van der Waals surface area contributed by atoms with Gasteiger partial charge in [0.1, 0.15) is 63.4 Å². The highest BCUT2D eigenvalue weighted by Crippen LogP contribution is 2.34. The predicted octanol–water partition coefficient (Wildman–Crippen LogP) is 19.9. The maximum Gasteiger partial charge on any atom is 0.341 e. The summed E-state index contributed by atoms with van der Waals surface area (Å²) in [6.45, 7) is 30.7. The Morgan fingerprint density at radius 1 is 0.273 bits per heavy atom. The van der Waals surface area contributed by atoms with Crippen molar-refractivity contribution in [2.24, 2.45) is 0 Å². The van der Waals surface area contributed by atoms with E-state index in [-0.39, 0.29) is 56.2 Å². The number of esters is 2. The lowest BCUT2D eigenvalue weighted by molar-refractivity contribution is 0.0588. The van der Waals surface area contributed by atoms with Crippen molar-refractivity contribution in [3.05, 3.63) is 296 Å². The van der Waals surface area contributed by atoms with Crippen molar-refractivity contribution in [3.8, 4) is 11.5 Å². The number of para-hydroxylation sites is 4. The molecule has 0 aliphatic carbocycles. The third kappa shape index (κ3) is 28.8. The van der Waals surface area contributed by atoms with Crippen LogP contribution < -0.4 is 52.3 Å². The van der Waals surface area contributed by atoms with Crippen LogP contribution in [0.1, 0.15) is 154 Å². The number of benzene rings is 6. The van der Waals surface area contributed by atoms with Crippen molar-refractivity contribution in [2.75, 3.05) is 80.6 Å². The van der Waals surface area contributed by atoms with Crippen LogP contribution in [-0.4, -0.2) is 145 Å². The molecule has 0 bridgehead atoms. The van der Waals surface area contributed by atoms with E-state index >= 15 is 0 Å². The molecular weight excluding hydrogens is 1670 g/mol. The lowest BCUT2D eigenvalue weighted by Crippen LogP contribution is -2.24. The number of carbonyl (C=O) groups is 2. The second-order valence-corrected chi connectivity index (χ2v) is 34.6. The summed E-state index contributed by atoms with van der Waals surface area (Å²) in [6, 6.07) is 67.3. The normalized spacial score (nSPS) is 11.1. The van der Waals surface area contributed by atoms with Crippen molar-refractivity contribution in [3.63, 3.8) is 0 Å². The van der Waals surface area contributed by atoms with Gasteiger partial charge in [-0.05, 0) is 121 Å². The van der Waals surface area contributed by atoms with Crippen LogP contribution in [0.15, 0.2) is 256 Å². The molecule has 35 nitrogen and oxygen atoms in total. The molecule has 0 amide bonds. The molecule has 132 heavy (non-hydrogen) atoms. The fraction of sp³-hybridized carbons (Fsp3) is 0.247. The number of ether oxygens (including phenoxy) is 2. The monoisotopic (exact) mass is 1780 g/mol. The van der Waals surface area contributed by atoms with Crippen LogP contribution in [0.3, 0.4) is 0 Å². The molecule has 0 saturated carbocycles. The quantitative estimate of drug-likeness (QED) is 0.0282. The first-order valence-corrected chi connectivity index (χ1v) is 42.0. The Bertz CT molecular complexity index is 5600. The zero-order chi connectivity index (χ0) is 94.8. The molecule has 0 spiro atoms. The lowest BCUT2D eigenvalue weighted by Gasteiger charge is -2.25. The van der Waals surface area contributed by atoms with Gasteiger partial charge in [-0.2, -0.15) is 74.8 Å². The first-order chi connectivity index (χ1) is 62.9. The number of hydrogen-bond donors (Lipinski definition) is 10. The van der Waals surface area contributed by atoms with Gasteiger partial charge in [-0.25, -0.2) is 19.6 Å². The Morgan fingerprint density at radius 2 is 0.523 bits per heavy atom. The molecule has 0 aliphatic rings. The van der Waals surface area contributed by atoms with Crippen LogP contribution in [0.25, 0.3) is 0 Å². The number of nitrogens with one attached hydrogen (secondary N) is 8. The summed E-state index contributed by atoms with van der Waals surface area (Å²) in [5, 5.41) is 45.3. The van der Waals surface area contributed by atoms with E-state index in [0.717, 1.165) is 45.8 Å². The SMILES string of the molecule is CC(C)(C)c1nc(Nc2ccccc2)nc(Nc2ccccc2)n1.CC(C)(C)c1nc(Nc2ccccn2)nc(Nc2ccccn2)n1.CC(C)(C)c1nc(Nc2ccncc2)nc(Nc2ccncc2)n1.CN(c1ccccc1)c1nc(N(C)c2ccccc2)nc(C(C)(C)C)n1.COC(=O)c1ccc(Nc2nc(Nc3ccc(C(=O)OC)c(O)c3)nc(C(C)(C)C)n2)cc1O. The summed E-state index contributed by atoms with van der Waals surface area (Å²) in [5.41, 5.74) is 5.39. The van der Waals surface area contributed by atoms with Gasteiger partial charge in [0.2, 0.25) is 59.5 Å². The zero-order valence-electron chi connectivity index (χ0n) is 77.2. The number of aromatic hydroxyl groups is 2. The first-order valence-electron chi connectivity index (χ1n) is 42.0.